The third-order valence-corrected chi connectivity index (χ3v) is 7.51. The van der Waals surface area contributed by atoms with Crippen LogP contribution in [0.25, 0.3) is 11.1 Å². The molecule has 2 aromatic rings. The van der Waals surface area contributed by atoms with Gasteiger partial charge in [-0.15, -0.1) is 0 Å². The summed E-state index contributed by atoms with van der Waals surface area (Å²) < 4.78 is 4.94. The third kappa shape index (κ3) is 3.31. The number of rotatable bonds is 1. The SMILES string of the molecule is Oc1c(Br)c(Br)cc(Br)c1-c1cc(Br)c(Br)cc1Br. The molecule has 0 bridgehead atoms. The Morgan fingerprint density at radius 3 is 1.79 bits per heavy atom. The van der Waals surface area contributed by atoms with E-state index in [1.54, 1.807) is 0 Å². The first-order valence-electron chi connectivity index (χ1n) is 4.84. The topological polar surface area (TPSA) is 20.2 Å². The molecule has 0 heterocycles. The highest BCUT2D eigenvalue weighted by atomic mass is 79.9. The summed E-state index contributed by atoms with van der Waals surface area (Å²) in [6.45, 7) is 0. The van der Waals surface area contributed by atoms with E-state index >= 15 is 0 Å². The predicted molar refractivity (Wildman–Crippen MR) is 99.7 cm³/mol. The summed E-state index contributed by atoms with van der Waals surface area (Å²) >= 11 is 20.7. The molecule has 0 fully saturated rings. The highest BCUT2D eigenvalue weighted by molar-refractivity contribution is 9.13. The van der Waals surface area contributed by atoms with Gasteiger partial charge in [0.2, 0.25) is 0 Å². The van der Waals surface area contributed by atoms with Gasteiger partial charge in [0.1, 0.15) is 5.75 Å². The van der Waals surface area contributed by atoms with Gasteiger partial charge >= 0.3 is 0 Å². The van der Waals surface area contributed by atoms with Crippen molar-refractivity contribution in [2.45, 2.75) is 0 Å². The Morgan fingerprint density at radius 1 is 0.632 bits per heavy atom. The lowest BCUT2D eigenvalue weighted by Crippen LogP contribution is -1.87. The Morgan fingerprint density at radius 2 is 1.16 bits per heavy atom. The van der Waals surface area contributed by atoms with Crippen LogP contribution in [0.2, 0.25) is 0 Å². The van der Waals surface area contributed by atoms with Crippen LogP contribution >= 0.6 is 95.6 Å². The van der Waals surface area contributed by atoms with E-state index in [1.807, 2.05) is 18.2 Å². The second-order valence-corrected chi connectivity index (χ2v) is 8.69. The normalized spacial score (nSPS) is 10.8. The fourth-order valence-electron chi connectivity index (χ4n) is 1.55. The van der Waals surface area contributed by atoms with Crippen molar-refractivity contribution in [1.82, 2.24) is 0 Å². The van der Waals surface area contributed by atoms with Crippen LogP contribution in [0.5, 0.6) is 5.75 Å². The zero-order valence-corrected chi connectivity index (χ0v) is 18.5. The fourth-order valence-corrected chi connectivity index (χ4v) is 4.76. The molecule has 0 aromatic heterocycles. The van der Waals surface area contributed by atoms with Crippen LogP contribution in [-0.4, -0.2) is 5.11 Å². The number of hydrogen-bond donors (Lipinski definition) is 1. The first-order chi connectivity index (χ1) is 8.82. The summed E-state index contributed by atoms with van der Waals surface area (Å²) in [6.07, 6.45) is 0. The van der Waals surface area contributed by atoms with Gasteiger partial charge in [-0.05, 0) is 97.8 Å². The van der Waals surface area contributed by atoms with Crippen molar-refractivity contribution in [3.8, 4) is 16.9 Å². The first-order valence-corrected chi connectivity index (χ1v) is 9.60. The molecule has 0 unspecified atom stereocenters. The lowest BCUT2D eigenvalue weighted by Gasteiger charge is -2.13. The van der Waals surface area contributed by atoms with E-state index in [0.29, 0.717) is 4.47 Å². The number of benzene rings is 2. The van der Waals surface area contributed by atoms with Crippen molar-refractivity contribution in [3.05, 3.63) is 45.0 Å². The van der Waals surface area contributed by atoms with E-state index < -0.39 is 0 Å². The summed E-state index contributed by atoms with van der Waals surface area (Å²) in [5.74, 6) is 0.177. The zero-order valence-electron chi connectivity index (χ0n) is 8.95. The van der Waals surface area contributed by atoms with Crippen molar-refractivity contribution in [3.63, 3.8) is 0 Å². The van der Waals surface area contributed by atoms with Gasteiger partial charge in [-0.3, -0.25) is 0 Å². The predicted octanol–water partition coefficient (Wildman–Crippen LogP) is 7.63. The van der Waals surface area contributed by atoms with Gasteiger partial charge in [0.05, 0.1) is 4.47 Å². The maximum Gasteiger partial charge on any atom is 0.139 e. The highest BCUT2D eigenvalue weighted by Crippen LogP contribution is 2.48. The minimum atomic E-state index is 0.177. The Kier molecular flexibility index (Phi) is 5.63. The third-order valence-electron chi connectivity index (χ3n) is 2.43. The van der Waals surface area contributed by atoms with Crippen molar-refractivity contribution < 1.29 is 5.11 Å². The number of halogens is 6. The van der Waals surface area contributed by atoms with E-state index in [0.717, 1.165) is 33.5 Å². The van der Waals surface area contributed by atoms with E-state index in [2.05, 4.69) is 95.6 Å². The van der Waals surface area contributed by atoms with E-state index in [9.17, 15) is 5.11 Å². The molecule has 0 aliphatic carbocycles. The molecule has 2 aromatic carbocycles. The van der Waals surface area contributed by atoms with E-state index in [1.165, 1.54) is 0 Å². The monoisotopic (exact) mass is 638 g/mol. The van der Waals surface area contributed by atoms with Crippen LogP contribution in [0.15, 0.2) is 45.0 Å². The van der Waals surface area contributed by atoms with E-state index in [4.69, 9.17) is 0 Å². The molecular weight excluding hydrogens is 640 g/mol. The van der Waals surface area contributed by atoms with Gasteiger partial charge in [0.15, 0.2) is 0 Å². The quantitative estimate of drug-likeness (QED) is 0.317. The first kappa shape index (κ1) is 16.5. The lowest BCUT2D eigenvalue weighted by molar-refractivity contribution is 0.473. The molecular formula is C12H4Br6O. The molecule has 7 heteroatoms. The molecule has 0 spiro atoms. The number of phenols is 1. The smallest absolute Gasteiger partial charge is 0.139 e. The standard InChI is InChI=1S/C12H4Br6O/c13-5-2-7(15)6(14)1-4(5)10-8(16)3-9(17)11(18)12(10)19/h1-3,19H. The minimum absolute atomic E-state index is 0.177. The summed E-state index contributed by atoms with van der Waals surface area (Å²) in [7, 11) is 0. The second-order valence-electron chi connectivity index (χ2n) is 3.62. The number of hydrogen-bond acceptors (Lipinski definition) is 1. The summed E-state index contributed by atoms with van der Waals surface area (Å²) in [6, 6.07) is 5.76. The zero-order chi connectivity index (χ0) is 14.3. The largest absolute Gasteiger partial charge is 0.506 e. The van der Waals surface area contributed by atoms with Gasteiger partial charge in [-0.25, -0.2) is 0 Å². The Labute approximate surface area is 160 Å². The van der Waals surface area contributed by atoms with Crippen molar-refractivity contribution in [1.29, 1.82) is 0 Å². The van der Waals surface area contributed by atoms with Crippen LogP contribution in [-0.2, 0) is 0 Å². The molecule has 0 saturated carbocycles. The molecule has 1 N–H and O–H groups in total. The van der Waals surface area contributed by atoms with Crippen LogP contribution < -0.4 is 0 Å². The number of aromatic hydroxyl groups is 1. The molecule has 0 aliphatic rings. The Hall–Kier alpha value is 1.12. The van der Waals surface area contributed by atoms with Crippen LogP contribution in [0.1, 0.15) is 0 Å². The molecule has 0 saturated heterocycles. The molecule has 19 heavy (non-hydrogen) atoms. The molecule has 1 nitrogen and oxygen atoms in total. The maximum atomic E-state index is 10.3. The summed E-state index contributed by atoms with van der Waals surface area (Å²) in [4.78, 5) is 0. The molecule has 2 rings (SSSR count). The molecule has 0 atom stereocenters. The Balaban J connectivity index is 2.80. The van der Waals surface area contributed by atoms with Crippen molar-refractivity contribution >= 4 is 95.6 Å². The van der Waals surface area contributed by atoms with Gasteiger partial charge in [0.25, 0.3) is 0 Å². The summed E-state index contributed by atoms with van der Waals surface area (Å²) in [5, 5.41) is 10.3. The van der Waals surface area contributed by atoms with Crippen LogP contribution in [0.3, 0.4) is 0 Å². The molecule has 0 radical (unpaired) electrons. The average Bonchev–Trinajstić information content (AvgIpc) is 2.33. The fraction of sp³-hybridized carbons (Fsp3) is 0. The molecule has 0 aliphatic heterocycles. The van der Waals surface area contributed by atoms with Gasteiger partial charge in [-0.1, -0.05) is 15.9 Å². The van der Waals surface area contributed by atoms with Gasteiger partial charge in [0, 0.05) is 33.5 Å². The Bertz CT molecular complexity index is 668. The van der Waals surface area contributed by atoms with E-state index in [-0.39, 0.29) is 5.75 Å². The van der Waals surface area contributed by atoms with Gasteiger partial charge < -0.3 is 5.11 Å². The maximum absolute atomic E-state index is 10.3. The minimum Gasteiger partial charge on any atom is -0.506 e. The lowest BCUT2D eigenvalue weighted by atomic mass is 10.0. The summed E-state index contributed by atoms with van der Waals surface area (Å²) in [5.41, 5.74) is 1.60. The molecule has 100 valence electrons. The number of phenolic OH excluding ortho intramolecular Hbond substituents is 1. The van der Waals surface area contributed by atoms with Gasteiger partial charge in [-0.2, -0.15) is 0 Å². The highest BCUT2D eigenvalue weighted by Gasteiger charge is 2.18. The average molecular weight is 644 g/mol. The van der Waals surface area contributed by atoms with Crippen molar-refractivity contribution in [2.75, 3.05) is 0 Å². The molecule has 0 amide bonds. The van der Waals surface area contributed by atoms with Crippen LogP contribution in [0.4, 0.5) is 0 Å². The van der Waals surface area contributed by atoms with Crippen molar-refractivity contribution in [2.24, 2.45) is 0 Å². The van der Waals surface area contributed by atoms with Crippen LogP contribution in [0, 0.1) is 0 Å². The second kappa shape index (κ2) is 6.48.